The van der Waals surface area contributed by atoms with Gasteiger partial charge in [0, 0.05) is 10.0 Å². The molecule has 1 aromatic carbocycles. The fourth-order valence-corrected chi connectivity index (χ4v) is 1.86. The second-order valence-corrected chi connectivity index (χ2v) is 6.62. The zero-order chi connectivity index (χ0) is 15.5. The van der Waals surface area contributed by atoms with Crippen molar-refractivity contribution in [1.82, 2.24) is 5.32 Å². The number of esters is 1. The van der Waals surface area contributed by atoms with Gasteiger partial charge in [0.1, 0.15) is 11.6 Å². The van der Waals surface area contributed by atoms with E-state index in [0.29, 0.717) is 15.1 Å². The van der Waals surface area contributed by atoms with Crippen LogP contribution in [0.2, 0.25) is 5.02 Å². The summed E-state index contributed by atoms with van der Waals surface area (Å²) in [4.78, 5) is 23.8. The first-order valence-corrected chi connectivity index (χ1v) is 7.26. The van der Waals surface area contributed by atoms with E-state index < -0.39 is 17.6 Å². The minimum absolute atomic E-state index is 0.360. The summed E-state index contributed by atoms with van der Waals surface area (Å²) >= 11 is 9.11. The van der Waals surface area contributed by atoms with Gasteiger partial charge in [-0.05, 0) is 61.8 Å². The van der Waals surface area contributed by atoms with Crippen LogP contribution in [0.25, 0.3) is 0 Å². The predicted molar refractivity (Wildman–Crippen MR) is 81.9 cm³/mol. The molecule has 0 aliphatic heterocycles. The zero-order valence-electron chi connectivity index (χ0n) is 11.8. The molecule has 6 heteroatoms. The third kappa shape index (κ3) is 5.13. The number of carbonyl (C=O) groups excluding carboxylic acids is 2. The Bertz CT molecular complexity index is 526. The van der Waals surface area contributed by atoms with Crippen LogP contribution in [0.4, 0.5) is 0 Å². The van der Waals surface area contributed by atoms with Crippen LogP contribution in [0.3, 0.4) is 0 Å². The summed E-state index contributed by atoms with van der Waals surface area (Å²) in [7, 11) is 0. The summed E-state index contributed by atoms with van der Waals surface area (Å²) in [5, 5.41) is 3.10. The SMILES string of the molecule is C[C@@H](NC(=O)c1ccc(Cl)c(Br)c1)C(=O)OC(C)(C)C. The summed E-state index contributed by atoms with van der Waals surface area (Å²) < 4.78 is 5.82. The van der Waals surface area contributed by atoms with Gasteiger partial charge in [0.05, 0.1) is 5.02 Å². The maximum absolute atomic E-state index is 12.0. The van der Waals surface area contributed by atoms with Crippen molar-refractivity contribution in [2.45, 2.75) is 39.3 Å². The van der Waals surface area contributed by atoms with E-state index in [-0.39, 0.29) is 5.91 Å². The Morgan fingerprint density at radius 2 is 1.95 bits per heavy atom. The number of ether oxygens (including phenoxy) is 1. The molecule has 1 atom stereocenters. The molecule has 0 spiro atoms. The van der Waals surface area contributed by atoms with E-state index in [4.69, 9.17) is 16.3 Å². The standard InChI is InChI=1S/C14H17BrClNO3/c1-8(13(19)20-14(2,3)4)17-12(18)9-5-6-11(16)10(15)7-9/h5-8H,1-4H3,(H,17,18)/t8-/m1/s1. The molecule has 0 saturated heterocycles. The van der Waals surface area contributed by atoms with Crippen LogP contribution in [0, 0.1) is 0 Å². The summed E-state index contributed by atoms with van der Waals surface area (Å²) in [6.45, 7) is 6.90. The van der Waals surface area contributed by atoms with Gasteiger partial charge in [0.2, 0.25) is 0 Å². The molecule has 0 aromatic heterocycles. The summed E-state index contributed by atoms with van der Waals surface area (Å²) in [6.07, 6.45) is 0. The second-order valence-electron chi connectivity index (χ2n) is 5.36. The fourth-order valence-electron chi connectivity index (χ4n) is 1.37. The predicted octanol–water partition coefficient (Wildman–Crippen LogP) is 3.56. The van der Waals surface area contributed by atoms with E-state index in [1.165, 1.54) is 0 Å². The lowest BCUT2D eigenvalue weighted by Crippen LogP contribution is -2.42. The van der Waals surface area contributed by atoms with Gasteiger partial charge in [-0.25, -0.2) is 4.79 Å². The van der Waals surface area contributed by atoms with Crippen LogP contribution in [0.5, 0.6) is 0 Å². The number of amides is 1. The molecule has 1 N–H and O–H groups in total. The molecule has 20 heavy (non-hydrogen) atoms. The largest absolute Gasteiger partial charge is 0.458 e. The molecule has 0 heterocycles. The first-order valence-electron chi connectivity index (χ1n) is 6.09. The Hall–Kier alpha value is -1.07. The average Bonchev–Trinajstić information content (AvgIpc) is 2.30. The van der Waals surface area contributed by atoms with Gasteiger partial charge in [0.15, 0.2) is 0 Å². The van der Waals surface area contributed by atoms with Crippen LogP contribution < -0.4 is 5.32 Å². The van der Waals surface area contributed by atoms with E-state index in [2.05, 4.69) is 21.2 Å². The molecule has 0 fully saturated rings. The number of hydrogen-bond acceptors (Lipinski definition) is 3. The molecule has 0 unspecified atom stereocenters. The Morgan fingerprint density at radius 1 is 1.35 bits per heavy atom. The Kier molecular flexibility index (Phi) is 5.59. The van der Waals surface area contributed by atoms with Gasteiger partial charge in [0.25, 0.3) is 5.91 Å². The van der Waals surface area contributed by atoms with Gasteiger partial charge in [-0.1, -0.05) is 11.6 Å². The lowest BCUT2D eigenvalue weighted by Gasteiger charge is -2.22. The monoisotopic (exact) mass is 361 g/mol. The highest BCUT2D eigenvalue weighted by molar-refractivity contribution is 9.10. The van der Waals surface area contributed by atoms with Crippen molar-refractivity contribution >= 4 is 39.4 Å². The van der Waals surface area contributed by atoms with Crippen molar-refractivity contribution in [3.05, 3.63) is 33.3 Å². The van der Waals surface area contributed by atoms with E-state index in [0.717, 1.165) is 0 Å². The first-order chi connectivity index (χ1) is 9.10. The minimum atomic E-state index is -0.726. The van der Waals surface area contributed by atoms with E-state index in [1.807, 2.05) is 0 Å². The fraction of sp³-hybridized carbons (Fsp3) is 0.429. The normalized spacial score (nSPS) is 12.7. The van der Waals surface area contributed by atoms with Gasteiger partial charge in [-0.2, -0.15) is 0 Å². The lowest BCUT2D eigenvalue weighted by atomic mass is 10.2. The second kappa shape index (κ2) is 6.59. The summed E-state index contributed by atoms with van der Waals surface area (Å²) in [5.41, 5.74) is -0.170. The maximum atomic E-state index is 12.0. The van der Waals surface area contributed by atoms with Crippen molar-refractivity contribution in [1.29, 1.82) is 0 Å². The molecule has 0 saturated carbocycles. The third-order valence-corrected chi connectivity index (χ3v) is 3.50. The number of rotatable bonds is 3. The average molecular weight is 363 g/mol. The van der Waals surface area contributed by atoms with E-state index in [9.17, 15) is 9.59 Å². The van der Waals surface area contributed by atoms with Gasteiger partial charge >= 0.3 is 5.97 Å². The van der Waals surface area contributed by atoms with Crippen molar-refractivity contribution < 1.29 is 14.3 Å². The molecule has 0 aliphatic carbocycles. The quantitative estimate of drug-likeness (QED) is 0.836. The maximum Gasteiger partial charge on any atom is 0.328 e. The number of hydrogen-bond donors (Lipinski definition) is 1. The van der Waals surface area contributed by atoms with Crippen LogP contribution in [-0.4, -0.2) is 23.5 Å². The number of nitrogens with one attached hydrogen (secondary N) is 1. The molecule has 1 aromatic rings. The molecule has 0 aliphatic rings. The summed E-state index contributed by atoms with van der Waals surface area (Å²) in [6, 6.07) is 4.07. The molecule has 0 radical (unpaired) electrons. The topological polar surface area (TPSA) is 55.4 Å². The van der Waals surface area contributed by atoms with Crippen molar-refractivity contribution in [2.75, 3.05) is 0 Å². The zero-order valence-corrected chi connectivity index (χ0v) is 14.1. The Balaban J connectivity index is 2.70. The first kappa shape index (κ1) is 17.0. The highest BCUT2D eigenvalue weighted by atomic mass is 79.9. The Labute approximate surface area is 132 Å². The van der Waals surface area contributed by atoms with Crippen molar-refractivity contribution in [3.8, 4) is 0 Å². The number of carbonyl (C=O) groups is 2. The molecular weight excluding hydrogens is 346 g/mol. The highest BCUT2D eigenvalue weighted by Gasteiger charge is 2.23. The molecule has 4 nitrogen and oxygen atoms in total. The Morgan fingerprint density at radius 3 is 2.45 bits per heavy atom. The van der Waals surface area contributed by atoms with Gasteiger partial charge in [-0.15, -0.1) is 0 Å². The number of halogens is 2. The molecular formula is C14H17BrClNO3. The van der Waals surface area contributed by atoms with Crippen molar-refractivity contribution in [3.63, 3.8) is 0 Å². The number of benzene rings is 1. The lowest BCUT2D eigenvalue weighted by molar-refractivity contribution is -0.156. The van der Waals surface area contributed by atoms with Gasteiger partial charge < -0.3 is 10.1 Å². The highest BCUT2D eigenvalue weighted by Crippen LogP contribution is 2.23. The van der Waals surface area contributed by atoms with Crippen LogP contribution in [-0.2, 0) is 9.53 Å². The van der Waals surface area contributed by atoms with Crippen molar-refractivity contribution in [2.24, 2.45) is 0 Å². The molecule has 1 amide bonds. The van der Waals surface area contributed by atoms with Crippen LogP contribution >= 0.6 is 27.5 Å². The minimum Gasteiger partial charge on any atom is -0.458 e. The van der Waals surface area contributed by atoms with Gasteiger partial charge in [-0.3, -0.25) is 4.79 Å². The molecule has 110 valence electrons. The summed E-state index contributed by atoms with van der Waals surface area (Å²) in [5.74, 6) is -0.834. The van der Waals surface area contributed by atoms with E-state index in [1.54, 1.807) is 45.9 Å². The molecule has 1 rings (SSSR count). The van der Waals surface area contributed by atoms with Crippen LogP contribution in [0.1, 0.15) is 38.1 Å². The molecule has 0 bridgehead atoms. The van der Waals surface area contributed by atoms with Crippen LogP contribution in [0.15, 0.2) is 22.7 Å². The van der Waals surface area contributed by atoms with E-state index >= 15 is 0 Å². The third-order valence-electron chi connectivity index (χ3n) is 2.29. The smallest absolute Gasteiger partial charge is 0.328 e.